The first-order valence-corrected chi connectivity index (χ1v) is 5.90. The average molecular weight is 245 g/mol. The number of carbonyl (C=O) groups excluding carboxylic acids is 2. The Morgan fingerprint density at radius 2 is 1.67 bits per heavy atom. The highest BCUT2D eigenvalue weighted by molar-refractivity contribution is 5.98. The molecule has 0 aliphatic rings. The molecule has 1 rings (SSSR count). The zero-order valence-electron chi connectivity index (χ0n) is 11.3. The van der Waals surface area contributed by atoms with Crippen LogP contribution < -0.4 is 5.32 Å². The van der Waals surface area contributed by atoms with Crippen LogP contribution in [0.4, 0.5) is 0 Å². The molecule has 0 heterocycles. The number of allylic oxidation sites excluding steroid dienone is 2. The minimum Gasteiger partial charge on any atom is -0.326 e. The van der Waals surface area contributed by atoms with E-state index in [4.69, 9.17) is 0 Å². The molecule has 1 aromatic rings. The Balaban J connectivity index is 2.72. The van der Waals surface area contributed by atoms with Crippen LogP contribution in [0.25, 0.3) is 0 Å². The van der Waals surface area contributed by atoms with Gasteiger partial charge in [0.15, 0.2) is 5.78 Å². The number of hydrogen-bond donors (Lipinski definition) is 1. The smallest absolute Gasteiger partial charge is 0.255 e. The van der Waals surface area contributed by atoms with Gasteiger partial charge >= 0.3 is 0 Å². The number of nitrogens with one attached hydrogen (secondary N) is 1. The van der Waals surface area contributed by atoms with Gasteiger partial charge in [-0.25, -0.2) is 0 Å². The van der Waals surface area contributed by atoms with E-state index < -0.39 is 5.41 Å². The van der Waals surface area contributed by atoms with E-state index in [0.717, 1.165) is 0 Å². The molecule has 0 saturated heterocycles. The zero-order chi connectivity index (χ0) is 13.8. The first-order valence-electron chi connectivity index (χ1n) is 5.90. The molecule has 0 aliphatic heterocycles. The maximum Gasteiger partial charge on any atom is 0.255 e. The summed E-state index contributed by atoms with van der Waals surface area (Å²) in [5, 5.41) is 2.70. The molecule has 1 N–H and O–H groups in total. The molecular formula is C15H19NO2. The first-order chi connectivity index (χ1) is 8.30. The molecule has 0 aromatic heterocycles. The van der Waals surface area contributed by atoms with Gasteiger partial charge in [-0.05, 0) is 19.1 Å². The largest absolute Gasteiger partial charge is 0.326 e. The van der Waals surface area contributed by atoms with E-state index in [2.05, 4.69) is 5.32 Å². The second-order valence-corrected chi connectivity index (χ2v) is 5.26. The number of ketones is 1. The van der Waals surface area contributed by atoms with E-state index in [1.807, 2.05) is 26.8 Å². The third kappa shape index (κ3) is 4.17. The molecule has 3 nitrogen and oxygen atoms in total. The SMILES string of the molecule is C/C(=C\C(=O)C(C)(C)C)NC(=O)c1ccccc1. The van der Waals surface area contributed by atoms with E-state index in [1.54, 1.807) is 31.2 Å². The van der Waals surface area contributed by atoms with Crippen molar-refractivity contribution < 1.29 is 9.59 Å². The lowest BCUT2D eigenvalue weighted by Crippen LogP contribution is -2.24. The van der Waals surface area contributed by atoms with E-state index in [1.165, 1.54) is 6.08 Å². The van der Waals surface area contributed by atoms with Crippen LogP contribution in [0.2, 0.25) is 0 Å². The molecule has 0 unspecified atom stereocenters. The summed E-state index contributed by atoms with van der Waals surface area (Å²) in [6, 6.07) is 8.91. The van der Waals surface area contributed by atoms with Crippen LogP contribution in [0.5, 0.6) is 0 Å². The lowest BCUT2D eigenvalue weighted by Gasteiger charge is -2.14. The molecule has 0 atom stereocenters. The summed E-state index contributed by atoms with van der Waals surface area (Å²) < 4.78 is 0. The van der Waals surface area contributed by atoms with E-state index in [0.29, 0.717) is 11.3 Å². The van der Waals surface area contributed by atoms with Gasteiger partial charge in [-0.1, -0.05) is 39.0 Å². The lowest BCUT2D eigenvalue weighted by molar-refractivity contribution is -0.121. The predicted octanol–water partition coefficient (Wildman–Crippen LogP) is 2.94. The Labute approximate surface area is 108 Å². The van der Waals surface area contributed by atoms with Crippen molar-refractivity contribution in [3.63, 3.8) is 0 Å². The first kappa shape index (κ1) is 14.2. The highest BCUT2D eigenvalue weighted by Crippen LogP contribution is 2.15. The van der Waals surface area contributed by atoms with Gasteiger partial charge in [0.25, 0.3) is 5.91 Å². The van der Waals surface area contributed by atoms with Crippen LogP contribution in [0.1, 0.15) is 38.1 Å². The molecule has 0 bridgehead atoms. The van der Waals surface area contributed by atoms with Gasteiger partial charge in [-0.15, -0.1) is 0 Å². The molecule has 96 valence electrons. The maximum atomic E-state index is 11.8. The van der Waals surface area contributed by atoms with Crippen LogP contribution in [0, 0.1) is 5.41 Å². The highest BCUT2D eigenvalue weighted by atomic mass is 16.1. The standard InChI is InChI=1S/C15H19NO2/c1-11(10-13(17)15(2,3)4)16-14(18)12-8-6-5-7-9-12/h5-10H,1-4H3,(H,16,18)/b11-10+. The number of benzene rings is 1. The fourth-order valence-electron chi connectivity index (χ4n) is 1.29. The molecule has 0 spiro atoms. The van der Waals surface area contributed by atoms with Crippen LogP contribution in [0.15, 0.2) is 42.1 Å². The minimum atomic E-state index is -0.432. The summed E-state index contributed by atoms with van der Waals surface area (Å²) in [4.78, 5) is 23.6. The zero-order valence-corrected chi connectivity index (χ0v) is 11.3. The summed E-state index contributed by atoms with van der Waals surface area (Å²) in [6.45, 7) is 7.25. The van der Waals surface area contributed by atoms with Gasteiger partial charge < -0.3 is 5.32 Å². The molecule has 0 saturated carbocycles. The fraction of sp³-hybridized carbons (Fsp3) is 0.333. The predicted molar refractivity (Wildman–Crippen MR) is 72.1 cm³/mol. The Kier molecular flexibility index (Phi) is 4.43. The maximum absolute atomic E-state index is 11.8. The molecule has 0 radical (unpaired) electrons. The van der Waals surface area contributed by atoms with Crippen molar-refractivity contribution in [3.05, 3.63) is 47.7 Å². The van der Waals surface area contributed by atoms with Gasteiger partial charge in [0.2, 0.25) is 0 Å². The summed E-state index contributed by atoms with van der Waals surface area (Å²) in [6.07, 6.45) is 1.47. The van der Waals surface area contributed by atoms with Gasteiger partial charge in [0.05, 0.1) is 0 Å². The van der Waals surface area contributed by atoms with Crippen molar-refractivity contribution in [1.82, 2.24) is 5.32 Å². The molecule has 0 fully saturated rings. The van der Waals surface area contributed by atoms with E-state index in [-0.39, 0.29) is 11.7 Å². The molecule has 1 amide bonds. The van der Waals surface area contributed by atoms with Crippen molar-refractivity contribution in [3.8, 4) is 0 Å². The van der Waals surface area contributed by atoms with Gasteiger partial charge in [-0.2, -0.15) is 0 Å². The number of carbonyl (C=O) groups is 2. The summed E-state index contributed by atoms with van der Waals surface area (Å²) in [5.41, 5.74) is 0.705. The van der Waals surface area contributed by atoms with Crippen molar-refractivity contribution in [1.29, 1.82) is 0 Å². The van der Waals surface area contributed by atoms with Crippen LogP contribution >= 0.6 is 0 Å². The molecule has 18 heavy (non-hydrogen) atoms. The van der Waals surface area contributed by atoms with Crippen molar-refractivity contribution in [2.45, 2.75) is 27.7 Å². The van der Waals surface area contributed by atoms with Crippen molar-refractivity contribution in [2.24, 2.45) is 5.41 Å². The van der Waals surface area contributed by atoms with Gasteiger partial charge in [-0.3, -0.25) is 9.59 Å². The summed E-state index contributed by atoms with van der Waals surface area (Å²) in [5.74, 6) is -0.209. The molecule has 0 aliphatic carbocycles. The Morgan fingerprint density at radius 3 is 2.17 bits per heavy atom. The van der Waals surface area contributed by atoms with Crippen LogP contribution in [0.3, 0.4) is 0 Å². The third-order valence-electron chi connectivity index (χ3n) is 2.43. The highest BCUT2D eigenvalue weighted by Gasteiger charge is 2.19. The normalized spacial score (nSPS) is 12.1. The summed E-state index contributed by atoms with van der Waals surface area (Å²) in [7, 11) is 0. The molecule has 3 heteroatoms. The van der Waals surface area contributed by atoms with Crippen LogP contribution in [-0.4, -0.2) is 11.7 Å². The van der Waals surface area contributed by atoms with E-state index >= 15 is 0 Å². The molecular weight excluding hydrogens is 226 g/mol. The van der Waals surface area contributed by atoms with Crippen LogP contribution in [-0.2, 0) is 4.79 Å². The number of amides is 1. The molecule has 1 aromatic carbocycles. The third-order valence-corrected chi connectivity index (χ3v) is 2.43. The Hall–Kier alpha value is -1.90. The minimum absolute atomic E-state index is 0.00615. The van der Waals surface area contributed by atoms with E-state index in [9.17, 15) is 9.59 Å². The topological polar surface area (TPSA) is 46.2 Å². The average Bonchev–Trinajstić information content (AvgIpc) is 2.28. The van der Waals surface area contributed by atoms with Gasteiger partial charge in [0.1, 0.15) is 0 Å². The summed E-state index contributed by atoms with van der Waals surface area (Å²) >= 11 is 0. The van der Waals surface area contributed by atoms with Crippen molar-refractivity contribution in [2.75, 3.05) is 0 Å². The fourth-order valence-corrected chi connectivity index (χ4v) is 1.29. The quantitative estimate of drug-likeness (QED) is 0.832. The second-order valence-electron chi connectivity index (χ2n) is 5.26. The Bertz CT molecular complexity index is 467. The number of hydrogen-bond acceptors (Lipinski definition) is 2. The number of rotatable bonds is 3. The monoisotopic (exact) mass is 245 g/mol. The van der Waals surface area contributed by atoms with Crippen molar-refractivity contribution >= 4 is 11.7 Å². The van der Waals surface area contributed by atoms with Gasteiger partial charge in [0, 0.05) is 22.8 Å². The lowest BCUT2D eigenvalue weighted by atomic mass is 9.90. The second kappa shape index (κ2) is 5.63. The Morgan fingerprint density at radius 1 is 1.11 bits per heavy atom.